The van der Waals surface area contributed by atoms with Gasteiger partial charge in [-0.05, 0) is 0 Å². The zero-order valence-corrected chi connectivity index (χ0v) is 8.93. The number of aromatic carboxylic acids is 1. The Balaban J connectivity index is 2.52. The molecule has 2 aromatic heterocycles. The molecule has 2 N–H and O–H groups in total. The average molecular weight is 239 g/mol. The van der Waals surface area contributed by atoms with Gasteiger partial charge in [-0.3, -0.25) is 0 Å². The Bertz CT molecular complexity index is 547. The number of hydrogen-bond donors (Lipinski definition) is 2. The molecule has 2 aromatic rings. The minimum atomic E-state index is -1.09. The summed E-state index contributed by atoms with van der Waals surface area (Å²) in [4.78, 5) is 21.4. The summed E-state index contributed by atoms with van der Waals surface area (Å²) < 4.78 is 0.155. The topological polar surface area (TPSA) is 78.9 Å². The van der Waals surface area contributed by atoms with Gasteiger partial charge >= 0.3 is 5.97 Å². The van der Waals surface area contributed by atoms with Crippen LogP contribution < -0.4 is 0 Å². The van der Waals surface area contributed by atoms with Gasteiger partial charge in [-0.15, -0.1) is 11.3 Å². The molecule has 0 aliphatic carbocycles. The number of aromatic amines is 1. The number of thiazole rings is 1. The van der Waals surface area contributed by atoms with Gasteiger partial charge in [0.1, 0.15) is 10.2 Å². The molecule has 5 nitrogen and oxygen atoms in total. The molecule has 15 heavy (non-hydrogen) atoms. The van der Waals surface area contributed by atoms with E-state index in [9.17, 15) is 4.79 Å². The molecule has 0 saturated carbocycles. The molecule has 2 rings (SSSR count). The SMILES string of the molecule is O=C(O)c1cnc(-c2nccs2)[nH]c1=S. The highest BCUT2D eigenvalue weighted by Gasteiger charge is 2.08. The molecule has 2 heterocycles. The summed E-state index contributed by atoms with van der Waals surface area (Å²) in [6.45, 7) is 0. The van der Waals surface area contributed by atoms with Crippen LogP contribution in [0.15, 0.2) is 17.8 Å². The third-order valence-corrected chi connectivity index (χ3v) is 2.77. The molecule has 0 aliphatic rings. The van der Waals surface area contributed by atoms with Gasteiger partial charge in [0.15, 0.2) is 10.8 Å². The largest absolute Gasteiger partial charge is 0.478 e. The fourth-order valence-electron chi connectivity index (χ4n) is 0.996. The minimum Gasteiger partial charge on any atom is -0.478 e. The number of H-pyrrole nitrogens is 1. The van der Waals surface area contributed by atoms with Gasteiger partial charge in [0.25, 0.3) is 0 Å². The van der Waals surface area contributed by atoms with Crippen LogP contribution in [0.1, 0.15) is 10.4 Å². The van der Waals surface area contributed by atoms with Crippen molar-refractivity contribution in [3.63, 3.8) is 0 Å². The second-order valence-electron chi connectivity index (χ2n) is 2.62. The number of aromatic nitrogens is 3. The van der Waals surface area contributed by atoms with Crippen LogP contribution in [0.4, 0.5) is 0 Å². The predicted molar refractivity (Wildman–Crippen MR) is 57.5 cm³/mol. The molecule has 0 radical (unpaired) electrons. The standard InChI is InChI=1S/C8H5N3O2S2/c12-8(13)4-3-10-5(11-6(4)14)7-9-1-2-15-7/h1-3H,(H,12,13)(H,10,11,14). The number of carboxylic acids is 1. The summed E-state index contributed by atoms with van der Waals surface area (Å²) in [5.74, 6) is -0.602. The van der Waals surface area contributed by atoms with Gasteiger partial charge < -0.3 is 10.1 Å². The van der Waals surface area contributed by atoms with E-state index in [1.165, 1.54) is 17.5 Å². The number of hydrogen-bond acceptors (Lipinski definition) is 5. The summed E-state index contributed by atoms with van der Waals surface area (Å²) in [6.07, 6.45) is 2.88. The monoisotopic (exact) mass is 239 g/mol. The van der Waals surface area contributed by atoms with Crippen molar-refractivity contribution in [2.24, 2.45) is 0 Å². The minimum absolute atomic E-state index is 0.00898. The molecule has 0 unspecified atom stereocenters. The molecule has 0 bridgehead atoms. The Labute approximate surface area is 93.5 Å². The van der Waals surface area contributed by atoms with Crippen molar-refractivity contribution in [1.29, 1.82) is 0 Å². The van der Waals surface area contributed by atoms with Gasteiger partial charge in [-0.25, -0.2) is 14.8 Å². The predicted octanol–water partition coefficient (Wildman–Crippen LogP) is 1.96. The summed E-state index contributed by atoms with van der Waals surface area (Å²) in [5.41, 5.74) is -0.00898. The highest BCUT2D eigenvalue weighted by molar-refractivity contribution is 7.71. The van der Waals surface area contributed by atoms with E-state index in [1.807, 2.05) is 0 Å². The van der Waals surface area contributed by atoms with E-state index in [1.54, 1.807) is 11.6 Å². The maximum absolute atomic E-state index is 10.7. The van der Waals surface area contributed by atoms with Crippen LogP contribution in [-0.2, 0) is 0 Å². The number of nitrogens with one attached hydrogen (secondary N) is 1. The van der Waals surface area contributed by atoms with Crippen molar-refractivity contribution in [3.05, 3.63) is 28.0 Å². The van der Waals surface area contributed by atoms with Crippen LogP contribution in [-0.4, -0.2) is 26.0 Å². The van der Waals surface area contributed by atoms with Crippen LogP contribution in [0.25, 0.3) is 10.8 Å². The quantitative estimate of drug-likeness (QED) is 0.783. The van der Waals surface area contributed by atoms with Crippen molar-refractivity contribution in [3.8, 4) is 10.8 Å². The van der Waals surface area contributed by atoms with E-state index in [0.717, 1.165) is 0 Å². The molecular formula is C8H5N3O2S2. The molecule has 0 saturated heterocycles. The molecule has 0 atom stereocenters. The van der Waals surface area contributed by atoms with Gasteiger partial charge in [0.2, 0.25) is 0 Å². The summed E-state index contributed by atoms with van der Waals surface area (Å²) >= 11 is 6.29. The normalized spacial score (nSPS) is 10.1. The molecule has 0 amide bonds. The van der Waals surface area contributed by atoms with Crippen LogP contribution >= 0.6 is 23.6 Å². The maximum Gasteiger partial charge on any atom is 0.340 e. The van der Waals surface area contributed by atoms with Crippen molar-refractivity contribution >= 4 is 29.5 Å². The molecule has 76 valence electrons. The third-order valence-electron chi connectivity index (χ3n) is 1.66. The van der Waals surface area contributed by atoms with Gasteiger partial charge in [0.05, 0.1) is 0 Å². The second-order valence-corrected chi connectivity index (χ2v) is 3.92. The zero-order valence-electron chi connectivity index (χ0n) is 7.30. The summed E-state index contributed by atoms with van der Waals surface area (Å²) in [6, 6.07) is 0. The summed E-state index contributed by atoms with van der Waals surface area (Å²) in [5, 5.41) is 11.2. The fourth-order valence-corrected chi connectivity index (χ4v) is 1.82. The molecular weight excluding hydrogens is 234 g/mol. The smallest absolute Gasteiger partial charge is 0.340 e. The maximum atomic E-state index is 10.7. The van der Waals surface area contributed by atoms with Crippen molar-refractivity contribution in [2.75, 3.05) is 0 Å². The van der Waals surface area contributed by atoms with E-state index in [0.29, 0.717) is 10.8 Å². The first kappa shape index (κ1) is 9.94. The van der Waals surface area contributed by atoms with Crippen molar-refractivity contribution < 1.29 is 9.90 Å². The number of carboxylic acid groups (broad SMARTS) is 1. The van der Waals surface area contributed by atoms with Crippen LogP contribution in [0.2, 0.25) is 0 Å². The van der Waals surface area contributed by atoms with E-state index in [4.69, 9.17) is 17.3 Å². The molecule has 0 aliphatic heterocycles. The lowest BCUT2D eigenvalue weighted by molar-refractivity contribution is 0.0695. The lowest BCUT2D eigenvalue weighted by Gasteiger charge is -1.97. The molecule has 0 aromatic carbocycles. The van der Waals surface area contributed by atoms with Crippen LogP contribution in [0, 0.1) is 4.64 Å². The first-order chi connectivity index (χ1) is 7.18. The Morgan fingerprint density at radius 3 is 2.87 bits per heavy atom. The first-order valence-electron chi connectivity index (χ1n) is 3.91. The van der Waals surface area contributed by atoms with Crippen LogP contribution in [0.3, 0.4) is 0 Å². The van der Waals surface area contributed by atoms with Gasteiger partial charge in [-0.1, -0.05) is 12.2 Å². The van der Waals surface area contributed by atoms with Crippen molar-refractivity contribution in [2.45, 2.75) is 0 Å². The zero-order chi connectivity index (χ0) is 10.8. The van der Waals surface area contributed by atoms with E-state index in [2.05, 4.69) is 15.0 Å². The highest BCUT2D eigenvalue weighted by Crippen LogP contribution is 2.17. The number of nitrogens with zero attached hydrogens (tertiary/aromatic N) is 2. The van der Waals surface area contributed by atoms with E-state index >= 15 is 0 Å². The summed E-state index contributed by atoms with van der Waals surface area (Å²) in [7, 11) is 0. The van der Waals surface area contributed by atoms with E-state index in [-0.39, 0.29) is 10.2 Å². The van der Waals surface area contributed by atoms with Crippen LogP contribution in [0.5, 0.6) is 0 Å². The average Bonchev–Trinajstić information content (AvgIpc) is 2.69. The Morgan fingerprint density at radius 1 is 1.53 bits per heavy atom. The third kappa shape index (κ3) is 1.92. The van der Waals surface area contributed by atoms with E-state index < -0.39 is 5.97 Å². The Kier molecular flexibility index (Phi) is 2.57. The number of carbonyl (C=O) groups is 1. The second kappa shape index (κ2) is 3.87. The van der Waals surface area contributed by atoms with Gasteiger partial charge in [0, 0.05) is 17.8 Å². The lowest BCUT2D eigenvalue weighted by atomic mass is 10.3. The van der Waals surface area contributed by atoms with Crippen molar-refractivity contribution in [1.82, 2.24) is 15.0 Å². The first-order valence-corrected chi connectivity index (χ1v) is 5.20. The molecule has 0 spiro atoms. The van der Waals surface area contributed by atoms with Gasteiger partial charge in [-0.2, -0.15) is 0 Å². The molecule has 0 fully saturated rings. The molecule has 7 heteroatoms. The Hall–Kier alpha value is -1.60. The number of rotatable bonds is 2. The Morgan fingerprint density at radius 2 is 2.33 bits per heavy atom. The fraction of sp³-hybridized carbons (Fsp3) is 0. The highest BCUT2D eigenvalue weighted by atomic mass is 32.1. The lowest BCUT2D eigenvalue weighted by Crippen LogP contribution is -2.01.